The van der Waals surface area contributed by atoms with Crippen LogP contribution in [0.15, 0.2) is 91.3 Å². The lowest BCUT2D eigenvalue weighted by Gasteiger charge is -2.27. The first kappa shape index (κ1) is 16.7. The lowest BCUT2D eigenvalue weighted by atomic mass is 9.96. The molecule has 5 heteroatoms. The minimum absolute atomic E-state index is 0.110. The summed E-state index contributed by atoms with van der Waals surface area (Å²) in [6, 6.07) is 22.6. The minimum Gasteiger partial charge on any atom is -0.343 e. The number of anilines is 1. The summed E-state index contributed by atoms with van der Waals surface area (Å²) in [7, 11) is 0. The molecule has 0 bridgehead atoms. The first-order chi connectivity index (χ1) is 13.2. The maximum atomic E-state index is 11.5. The van der Waals surface area contributed by atoms with Gasteiger partial charge in [0.2, 0.25) is 0 Å². The highest BCUT2D eigenvalue weighted by molar-refractivity contribution is 5.90. The fraction of sp³-hybridized carbons (Fsp3) is 0.0455. The maximum absolute atomic E-state index is 11.5. The highest BCUT2D eigenvalue weighted by atomic mass is 16.6. The van der Waals surface area contributed by atoms with Crippen molar-refractivity contribution in [3.63, 3.8) is 0 Å². The van der Waals surface area contributed by atoms with Gasteiger partial charge >= 0.3 is 0 Å². The summed E-state index contributed by atoms with van der Waals surface area (Å²) in [6.07, 6.45) is 5.77. The van der Waals surface area contributed by atoms with E-state index >= 15 is 0 Å². The number of hydrogen-bond acceptors (Lipinski definition) is 4. The quantitative estimate of drug-likeness (QED) is 0.491. The Kier molecular flexibility index (Phi) is 4.49. The molecule has 0 saturated heterocycles. The van der Waals surface area contributed by atoms with Crippen LogP contribution in [0.1, 0.15) is 11.3 Å². The van der Waals surface area contributed by atoms with E-state index in [4.69, 9.17) is 0 Å². The van der Waals surface area contributed by atoms with E-state index in [-0.39, 0.29) is 10.6 Å². The van der Waals surface area contributed by atoms with E-state index in [1.165, 1.54) is 0 Å². The van der Waals surface area contributed by atoms with Crippen molar-refractivity contribution in [3.05, 3.63) is 113 Å². The fourth-order valence-electron chi connectivity index (χ4n) is 3.19. The van der Waals surface area contributed by atoms with Gasteiger partial charge in [0.15, 0.2) is 0 Å². The van der Waals surface area contributed by atoms with Crippen molar-refractivity contribution < 1.29 is 4.92 Å². The highest BCUT2D eigenvalue weighted by Crippen LogP contribution is 2.34. The van der Waals surface area contributed by atoms with Crippen LogP contribution in [0.4, 0.5) is 11.4 Å². The fourth-order valence-corrected chi connectivity index (χ4v) is 3.19. The van der Waals surface area contributed by atoms with E-state index in [1.807, 2.05) is 66.9 Å². The van der Waals surface area contributed by atoms with Crippen LogP contribution in [0.2, 0.25) is 0 Å². The lowest BCUT2D eigenvalue weighted by Crippen LogP contribution is -2.22. The SMILES string of the molecule is O=[N+]([O-])c1ccccc1C1=CC(c2ccccn2)=CN(c2ccccc2)C1. The summed E-state index contributed by atoms with van der Waals surface area (Å²) >= 11 is 0. The Balaban J connectivity index is 1.84. The van der Waals surface area contributed by atoms with Gasteiger partial charge in [-0.15, -0.1) is 0 Å². The smallest absolute Gasteiger partial charge is 0.276 e. The van der Waals surface area contributed by atoms with Gasteiger partial charge in [0, 0.05) is 36.3 Å². The van der Waals surface area contributed by atoms with Crippen LogP contribution in [0.25, 0.3) is 11.1 Å². The Hall–Kier alpha value is -3.73. The van der Waals surface area contributed by atoms with Crippen LogP contribution in [-0.2, 0) is 0 Å². The summed E-state index contributed by atoms with van der Waals surface area (Å²) in [6.45, 7) is 0.547. The molecule has 0 aliphatic carbocycles. The molecule has 4 rings (SSSR count). The van der Waals surface area contributed by atoms with Gasteiger partial charge in [-0.2, -0.15) is 0 Å². The number of pyridine rings is 1. The average Bonchev–Trinajstić information content (AvgIpc) is 2.74. The van der Waals surface area contributed by atoms with E-state index in [2.05, 4.69) is 9.88 Å². The molecule has 1 aliphatic heterocycles. The van der Waals surface area contributed by atoms with Crippen molar-refractivity contribution in [3.8, 4) is 0 Å². The average molecular weight is 355 g/mol. The van der Waals surface area contributed by atoms with Crippen LogP contribution in [0, 0.1) is 10.1 Å². The number of para-hydroxylation sites is 2. The van der Waals surface area contributed by atoms with Crippen LogP contribution in [0.3, 0.4) is 0 Å². The predicted octanol–water partition coefficient (Wildman–Crippen LogP) is 4.93. The van der Waals surface area contributed by atoms with Crippen molar-refractivity contribution in [1.82, 2.24) is 4.98 Å². The Morgan fingerprint density at radius 1 is 0.926 bits per heavy atom. The normalized spacial score (nSPS) is 13.7. The number of benzene rings is 2. The van der Waals surface area contributed by atoms with Gasteiger partial charge in [-0.3, -0.25) is 15.1 Å². The van der Waals surface area contributed by atoms with Crippen LogP contribution < -0.4 is 4.90 Å². The molecule has 5 nitrogen and oxygen atoms in total. The largest absolute Gasteiger partial charge is 0.343 e. The number of allylic oxidation sites excluding steroid dienone is 2. The highest BCUT2D eigenvalue weighted by Gasteiger charge is 2.22. The predicted molar refractivity (Wildman–Crippen MR) is 107 cm³/mol. The van der Waals surface area contributed by atoms with E-state index in [0.717, 1.165) is 22.5 Å². The zero-order valence-electron chi connectivity index (χ0n) is 14.5. The van der Waals surface area contributed by atoms with Gasteiger partial charge in [0.25, 0.3) is 5.69 Å². The molecular formula is C22H17N3O2. The van der Waals surface area contributed by atoms with Crippen LogP contribution in [0.5, 0.6) is 0 Å². The maximum Gasteiger partial charge on any atom is 0.276 e. The first-order valence-corrected chi connectivity index (χ1v) is 8.61. The molecule has 0 unspecified atom stereocenters. The summed E-state index contributed by atoms with van der Waals surface area (Å²) < 4.78 is 0. The number of nitro benzene ring substituents is 1. The molecule has 1 aliphatic rings. The molecule has 0 fully saturated rings. The molecule has 0 saturated carbocycles. The van der Waals surface area contributed by atoms with E-state index < -0.39 is 0 Å². The second kappa shape index (κ2) is 7.25. The molecule has 0 amide bonds. The molecule has 132 valence electrons. The number of nitrogens with zero attached hydrogens (tertiary/aromatic N) is 3. The van der Waals surface area contributed by atoms with E-state index in [1.54, 1.807) is 24.4 Å². The van der Waals surface area contributed by atoms with Gasteiger partial charge < -0.3 is 4.90 Å². The van der Waals surface area contributed by atoms with Crippen molar-refractivity contribution >= 4 is 22.5 Å². The third kappa shape index (κ3) is 3.48. The van der Waals surface area contributed by atoms with Crippen molar-refractivity contribution in [1.29, 1.82) is 0 Å². The second-order valence-electron chi connectivity index (χ2n) is 6.21. The topological polar surface area (TPSA) is 59.3 Å². The Bertz CT molecular complexity index is 1030. The number of rotatable bonds is 4. The summed E-state index contributed by atoms with van der Waals surface area (Å²) in [5, 5.41) is 11.5. The Morgan fingerprint density at radius 2 is 1.67 bits per heavy atom. The first-order valence-electron chi connectivity index (χ1n) is 8.61. The third-order valence-electron chi connectivity index (χ3n) is 4.46. The number of nitro groups is 1. The second-order valence-corrected chi connectivity index (χ2v) is 6.21. The van der Waals surface area contributed by atoms with Crippen molar-refractivity contribution in [2.45, 2.75) is 0 Å². The van der Waals surface area contributed by atoms with Gasteiger partial charge in [-0.1, -0.05) is 36.4 Å². The zero-order chi connectivity index (χ0) is 18.6. The van der Waals surface area contributed by atoms with Gasteiger partial charge in [-0.05, 0) is 42.0 Å². The summed E-state index contributed by atoms with van der Waals surface area (Å²) in [5.41, 5.74) is 4.39. The molecule has 27 heavy (non-hydrogen) atoms. The molecule has 0 radical (unpaired) electrons. The van der Waals surface area contributed by atoms with E-state index in [0.29, 0.717) is 12.1 Å². The van der Waals surface area contributed by atoms with Crippen LogP contribution in [-0.4, -0.2) is 16.5 Å². The minimum atomic E-state index is -0.332. The third-order valence-corrected chi connectivity index (χ3v) is 4.46. The van der Waals surface area contributed by atoms with Gasteiger partial charge in [0.1, 0.15) is 0 Å². The van der Waals surface area contributed by atoms with Crippen molar-refractivity contribution in [2.24, 2.45) is 0 Å². The number of aromatic nitrogens is 1. The van der Waals surface area contributed by atoms with Gasteiger partial charge in [-0.25, -0.2) is 0 Å². The monoisotopic (exact) mass is 355 g/mol. The van der Waals surface area contributed by atoms with Crippen molar-refractivity contribution in [2.75, 3.05) is 11.4 Å². The molecule has 0 spiro atoms. The van der Waals surface area contributed by atoms with Crippen LogP contribution >= 0.6 is 0 Å². The number of hydrogen-bond donors (Lipinski definition) is 0. The molecular weight excluding hydrogens is 338 g/mol. The molecule has 3 aromatic rings. The summed E-state index contributed by atoms with van der Waals surface area (Å²) in [4.78, 5) is 17.7. The molecule has 1 aromatic heterocycles. The molecule has 2 heterocycles. The molecule has 0 N–H and O–H groups in total. The zero-order valence-corrected chi connectivity index (χ0v) is 14.5. The standard InChI is InChI=1S/C22H17N3O2/c26-25(27)22-12-5-4-10-20(22)17-14-18(21-11-6-7-13-23-21)16-24(15-17)19-8-2-1-3-9-19/h1-14,16H,15H2. The van der Waals surface area contributed by atoms with Gasteiger partial charge in [0.05, 0.1) is 16.2 Å². The molecule has 2 aromatic carbocycles. The summed E-state index contributed by atoms with van der Waals surface area (Å²) in [5.74, 6) is 0. The Labute approximate surface area is 157 Å². The molecule has 0 atom stereocenters. The lowest BCUT2D eigenvalue weighted by molar-refractivity contribution is -0.385. The Morgan fingerprint density at radius 3 is 2.41 bits per heavy atom. The van der Waals surface area contributed by atoms with E-state index in [9.17, 15) is 10.1 Å².